The van der Waals surface area contributed by atoms with Crippen LogP contribution in [0.15, 0.2) is 18.2 Å². The summed E-state index contributed by atoms with van der Waals surface area (Å²) >= 11 is 5.51. The smallest absolute Gasteiger partial charge is 0.145 e. The molecule has 2 nitrogen and oxygen atoms in total. The van der Waals surface area contributed by atoms with Gasteiger partial charge in [-0.3, -0.25) is 0 Å². The number of halogens is 2. The quantitative estimate of drug-likeness (QED) is 0.708. The van der Waals surface area contributed by atoms with Crippen LogP contribution in [0.4, 0.5) is 4.39 Å². The Bertz CT molecular complexity index is 291. The first-order chi connectivity index (χ1) is 6.74. The Balaban J connectivity index is 2.39. The number of hydrogen-bond donors (Lipinski definition) is 0. The lowest BCUT2D eigenvalue weighted by molar-refractivity contribution is 0.172. The summed E-state index contributed by atoms with van der Waals surface area (Å²) in [6.45, 7) is 1.14. The molecule has 0 aliphatic carbocycles. The number of rotatable bonds is 5. The fourth-order valence-electron chi connectivity index (χ4n) is 0.960. The molecule has 0 spiro atoms. The lowest BCUT2D eigenvalue weighted by Gasteiger charge is -2.05. The van der Waals surface area contributed by atoms with Crippen molar-refractivity contribution >= 4 is 11.6 Å². The predicted molar refractivity (Wildman–Crippen MR) is 53.4 cm³/mol. The van der Waals surface area contributed by atoms with Crippen LogP contribution in [0.25, 0.3) is 0 Å². The molecule has 1 aromatic rings. The third kappa shape index (κ3) is 3.52. The SMILES string of the molecule is COCCCOc1ccc(Cl)c(F)c1. The van der Waals surface area contributed by atoms with E-state index in [0.29, 0.717) is 19.0 Å². The second-order valence-corrected chi connectivity index (χ2v) is 3.18. The van der Waals surface area contributed by atoms with Crippen molar-refractivity contribution < 1.29 is 13.9 Å². The fourth-order valence-corrected chi connectivity index (χ4v) is 1.08. The van der Waals surface area contributed by atoms with Gasteiger partial charge in [0.15, 0.2) is 0 Å². The monoisotopic (exact) mass is 218 g/mol. The van der Waals surface area contributed by atoms with Crippen LogP contribution < -0.4 is 4.74 Å². The standard InChI is InChI=1S/C10H12ClFO2/c1-13-5-2-6-14-8-3-4-9(11)10(12)7-8/h3-4,7H,2,5-6H2,1H3. The molecule has 4 heteroatoms. The molecule has 0 heterocycles. The van der Waals surface area contributed by atoms with Crippen LogP contribution >= 0.6 is 11.6 Å². The van der Waals surface area contributed by atoms with Gasteiger partial charge in [0.2, 0.25) is 0 Å². The molecule has 0 aliphatic heterocycles. The molecule has 0 aromatic heterocycles. The van der Waals surface area contributed by atoms with Gasteiger partial charge >= 0.3 is 0 Å². The van der Waals surface area contributed by atoms with Crippen LogP contribution in [0.3, 0.4) is 0 Å². The molecule has 0 saturated heterocycles. The van der Waals surface area contributed by atoms with E-state index >= 15 is 0 Å². The number of hydrogen-bond acceptors (Lipinski definition) is 2. The maximum atomic E-state index is 12.9. The van der Waals surface area contributed by atoms with Crippen molar-refractivity contribution in [3.8, 4) is 5.75 Å². The predicted octanol–water partition coefficient (Wildman–Crippen LogP) is 2.89. The first kappa shape index (κ1) is 11.3. The number of methoxy groups -OCH3 is 1. The van der Waals surface area contributed by atoms with Crippen molar-refractivity contribution in [1.29, 1.82) is 0 Å². The van der Waals surface area contributed by atoms with Crippen molar-refractivity contribution in [3.05, 3.63) is 29.0 Å². The van der Waals surface area contributed by atoms with Crippen LogP contribution in [0.2, 0.25) is 5.02 Å². The van der Waals surface area contributed by atoms with Crippen molar-refractivity contribution in [2.45, 2.75) is 6.42 Å². The van der Waals surface area contributed by atoms with Crippen molar-refractivity contribution in [2.75, 3.05) is 20.3 Å². The second-order valence-electron chi connectivity index (χ2n) is 2.77. The lowest BCUT2D eigenvalue weighted by atomic mass is 10.3. The Morgan fingerprint density at radius 2 is 2.14 bits per heavy atom. The van der Waals surface area contributed by atoms with Gasteiger partial charge in [-0.25, -0.2) is 4.39 Å². The summed E-state index contributed by atoms with van der Waals surface area (Å²) in [5.74, 6) is 0.0268. The molecule has 0 fully saturated rings. The Morgan fingerprint density at radius 1 is 1.36 bits per heavy atom. The summed E-state index contributed by atoms with van der Waals surface area (Å²) in [6, 6.07) is 4.38. The topological polar surface area (TPSA) is 18.5 Å². The van der Waals surface area contributed by atoms with E-state index in [1.807, 2.05) is 0 Å². The van der Waals surface area contributed by atoms with E-state index in [1.54, 1.807) is 13.2 Å². The van der Waals surface area contributed by atoms with Gasteiger partial charge in [0.1, 0.15) is 11.6 Å². The van der Waals surface area contributed by atoms with Gasteiger partial charge in [0.25, 0.3) is 0 Å². The average molecular weight is 219 g/mol. The van der Waals surface area contributed by atoms with E-state index in [1.165, 1.54) is 12.1 Å². The first-order valence-corrected chi connectivity index (χ1v) is 4.68. The maximum absolute atomic E-state index is 12.9. The van der Waals surface area contributed by atoms with Crippen LogP contribution in [0.1, 0.15) is 6.42 Å². The third-order valence-electron chi connectivity index (χ3n) is 1.65. The Kier molecular flexibility index (Phi) is 4.70. The highest BCUT2D eigenvalue weighted by atomic mass is 35.5. The van der Waals surface area contributed by atoms with Crippen LogP contribution in [-0.2, 0) is 4.74 Å². The van der Waals surface area contributed by atoms with Gasteiger partial charge in [-0.2, -0.15) is 0 Å². The Labute approximate surface area is 87.6 Å². The molecule has 14 heavy (non-hydrogen) atoms. The summed E-state index contributed by atoms with van der Waals surface area (Å²) in [7, 11) is 1.63. The van der Waals surface area contributed by atoms with E-state index in [2.05, 4.69) is 0 Å². The third-order valence-corrected chi connectivity index (χ3v) is 1.96. The van der Waals surface area contributed by atoms with E-state index in [9.17, 15) is 4.39 Å². The molecular formula is C10H12ClFO2. The minimum Gasteiger partial charge on any atom is -0.493 e. The molecule has 1 rings (SSSR count). The highest BCUT2D eigenvalue weighted by molar-refractivity contribution is 6.30. The van der Waals surface area contributed by atoms with Gasteiger partial charge in [-0.15, -0.1) is 0 Å². The summed E-state index contributed by atoms with van der Waals surface area (Å²) in [6.07, 6.45) is 0.779. The van der Waals surface area contributed by atoms with Crippen molar-refractivity contribution in [3.63, 3.8) is 0 Å². The fraction of sp³-hybridized carbons (Fsp3) is 0.400. The van der Waals surface area contributed by atoms with Crippen molar-refractivity contribution in [1.82, 2.24) is 0 Å². The normalized spacial score (nSPS) is 10.2. The molecule has 0 saturated carbocycles. The lowest BCUT2D eigenvalue weighted by Crippen LogP contribution is -2.01. The second kappa shape index (κ2) is 5.83. The van der Waals surface area contributed by atoms with Crippen LogP contribution in [-0.4, -0.2) is 20.3 Å². The molecule has 78 valence electrons. The zero-order chi connectivity index (χ0) is 10.4. The van der Waals surface area contributed by atoms with E-state index < -0.39 is 5.82 Å². The van der Waals surface area contributed by atoms with Crippen LogP contribution in [0.5, 0.6) is 5.75 Å². The van der Waals surface area contributed by atoms with Gasteiger partial charge < -0.3 is 9.47 Å². The molecule has 0 atom stereocenters. The molecule has 0 radical (unpaired) electrons. The average Bonchev–Trinajstić information content (AvgIpc) is 2.18. The first-order valence-electron chi connectivity index (χ1n) is 4.31. The Hall–Kier alpha value is -0.800. The summed E-state index contributed by atoms with van der Waals surface area (Å²) in [5, 5.41) is 0.106. The summed E-state index contributed by atoms with van der Waals surface area (Å²) < 4.78 is 23.0. The van der Waals surface area contributed by atoms with Gasteiger partial charge in [0, 0.05) is 26.2 Å². The molecule has 0 N–H and O–H groups in total. The number of ether oxygens (including phenoxy) is 2. The Morgan fingerprint density at radius 3 is 2.79 bits per heavy atom. The minimum atomic E-state index is -0.462. The molecule has 1 aromatic carbocycles. The zero-order valence-electron chi connectivity index (χ0n) is 7.93. The minimum absolute atomic E-state index is 0.106. The number of benzene rings is 1. The van der Waals surface area contributed by atoms with E-state index in [4.69, 9.17) is 21.1 Å². The maximum Gasteiger partial charge on any atom is 0.145 e. The zero-order valence-corrected chi connectivity index (χ0v) is 8.68. The molecule has 0 unspecified atom stereocenters. The molecule has 0 aliphatic rings. The van der Waals surface area contributed by atoms with Crippen LogP contribution in [0, 0.1) is 5.82 Å². The van der Waals surface area contributed by atoms with E-state index in [-0.39, 0.29) is 5.02 Å². The van der Waals surface area contributed by atoms with Gasteiger partial charge in [-0.05, 0) is 12.1 Å². The highest BCUT2D eigenvalue weighted by Gasteiger charge is 2.01. The molecular weight excluding hydrogens is 207 g/mol. The summed E-state index contributed by atoms with van der Waals surface area (Å²) in [5.41, 5.74) is 0. The highest BCUT2D eigenvalue weighted by Crippen LogP contribution is 2.20. The van der Waals surface area contributed by atoms with Gasteiger partial charge in [0.05, 0.1) is 11.6 Å². The van der Waals surface area contributed by atoms with Crippen molar-refractivity contribution in [2.24, 2.45) is 0 Å². The summed E-state index contributed by atoms with van der Waals surface area (Å²) in [4.78, 5) is 0. The van der Waals surface area contributed by atoms with Gasteiger partial charge in [-0.1, -0.05) is 11.6 Å². The largest absolute Gasteiger partial charge is 0.493 e. The molecule has 0 amide bonds. The molecule has 0 bridgehead atoms. The van der Waals surface area contributed by atoms with E-state index in [0.717, 1.165) is 6.42 Å².